The van der Waals surface area contributed by atoms with E-state index in [9.17, 15) is 27.2 Å². The first-order chi connectivity index (χ1) is 16.9. The van der Waals surface area contributed by atoms with E-state index in [0.717, 1.165) is 18.2 Å². The Labute approximate surface area is 222 Å². The first-order valence-corrected chi connectivity index (χ1v) is 11.7. The van der Waals surface area contributed by atoms with E-state index < -0.39 is 46.0 Å². The van der Waals surface area contributed by atoms with Crippen molar-refractivity contribution in [1.29, 1.82) is 0 Å². The molecule has 0 heterocycles. The molecule has 0 unspecified atom stereocenters. The first-order valence-electron chi connectivity index (χ1n) is 10.2. The molecule has 3 aromatic carbocycles. The molecule has 0 saturated heterocycles. The van der Waals surface area contributed by atoms with Crippen molar-refractivity contribution in [2.24, 2.45) is 5.92 Å². The van der Waals surface area contributed by atoms with Crippen molar-refractivity contribution >= 4 is 69.6 Å². The number of carbonyl (C=O) groups is 2. The molecule has 0 bridgehead atoms. The molecule has 36 heavy (non-hydrogen) atoms. The number of rotatable bonds is 6. The lowest BCUT2D eigenvalue weighted by molar-refractivity contribution is -0.117. The van der Waals surface area contributed by atoms with Gasteiger partial charge < -0.3 is 10.6 Å². The average Bonchev–Trinajstić information content (AvgIpc) is 3.38. The third kappa shape index (κ3) is 5.27. The molecule has 1 aliphatic rings. The summed E-state index contributed by atoms with van der Waals surface area (Å²) in [4.78, 5) is 25.5. The molecule has 4 nitrogen and oxygen atoms in total. The van der Waals surface area contributed by atoms with Crippen molar-refractivity contribution < 1.29 is 27.2 Å². The highest BCUT2D eigenvalue weighted by Crippen LogP contribution is 2.65. The van der Waals surface area contributed by atoms with E-state index in [1.54, 1.807) is 0 Å². The number of carbonyl (C=O) groups excluding carboxylic acids is 2. The predicted molar refractivity (Wildman–Crippen MR) is 131 cm³/mol. The lowest BCUT2D eigenvalue weighted by Crippen LogP contribution is -2.18. The number of halogens is 8. The van der Waals surface area contributed by atoms with Crippen LogP contribution in [0.15, 0.2) is 54.6 Å². The highest BCUT2D eigenvalue weighted by atomic mass is 35.5. The number of anilines is 2. The molecule has 0 spiro atoms. The lowest BCUT2D eigenvalue weighted by Gasteiger charge is -2.11. The Morgan fingerprint density at radius 1 is 0.889 bits per heavy atom. The lowest BCUT2D eigenvalue weighted by atomic mass is 10.1. The van der Waals surface area contributed by atoms with E-state index in [2.05, 4.69) is 10.6 Å². The Morgan fingerprint density at radius 3 is 2.25 bits per heavy atom. The summed E-state index contributed by atoms with van der Waals surface area (Å²) in [5.74, 6) is -4.86. The molecular formula is C24H14Cl4F4N2O2. The number of alkyl halides is 4. The number of benzene rings is 3. The second-order valence-corrected chi connectivity index (χ2v) is 10.2. The molecule has 0 aliphatic heterocycles. The standard InChI is InChI=1S/C24H14Cl4F4N2O2/c25-15-5-3-12(9-14(15)22(35)34-18-6-2-11(29)8-17(18)30)33-23(36)20-19(24(20,27)28)10-1-4-13(21(31)32)16(26)7-10/h1-9,19-21H,(H,33,36)(H,34,35)/t19-,20+/m0/s1. The quantitative estimate of drug-likeness (QED) is 0.230. The van der Waals surface area contributed by atoms with E-state index in [1.165, 1.54) is 30.3 Å². The Bertz CT molecular complexity index is 1370. The number of hydrogen-bond acceptors (Lipinski definition) is 2. The van der Waals surface area contributed by atoms with Crippen molar-refractivity contribution in [1.82, 2.24) is 0 Å². The van der Waals surface area contributed by atoms with E-state index in [1.807, 2.05) is 0 Å². The maximum absolute atomic E-state index is 13.9. The SMILES string of the molecule is O=C(Nc1ccc(F)cc1F)c1cc(NC(=O)[C@H]2[C@H](c3ccc(C(F)F)c(Cl)c3)C2(Cl)Cl)ccc1Cl. The Kier molecular flexibility index (Phi) is 7.44. The van der Waals surface area contributed by atoms with E-state index in [4.69, 9.17) is 46.4 Å². The zero-order valence-corrected chi connectivity index (χ0v) is 20.8. The van der Waals surface area contributed by atoms with Crippen molar-refractivity contribution in [3.8, 4) is 0 Å². The van der Waals surface area contributed by atoms with Gasteiger partial charge in [0.15, 0.2) is 0 Å². The van der Waals surface area contributed by atoms with Crippen LogP contribution in [0.5, 0.6) is 0 Å². The smallest absolute Gasteiger partial charge is 0.265 e. The van der Waals surface area contributed by atoms with Gasteiger partial charge in [-0.25, -0.2) is 17.6 Å². The molecule has 2 atom stereocenters. The second-order valence-electron chi connectivity index (χ2n) is 7.97. The molecule has 2 amide bonds. The van der Waals surface area contributed by atoms with Crippen LogP contribution in [0.4, 0.5) is 28.9 Å². The van der Waals surface area contributed by atoms with Crippen molar-refractivity contribution in [3.63, 3.8) is 0 Å². The summed E-state index contributed by atoms with van der Waals surface area (Å²) in [6.45, 7) is 0. The maximum atomic E-state index is 13.9. The minimum atomic E-state index is -2.77. The topological polar surface area (TPSA) is 58.2 Å². The fourth-order valence-corrected chi connectivity index (χ4v) is 5.06. The van der Waals surface area contributed by atoms with Crippen molar-refractivity contribution in [2.45, 2.75) is 16.7 Å². The summed E-state index contributed by atoms with van der Waals surface area (Å²) in [6.07, 6.45) is -2.77. The van der Waals surface area contributed by atoms with Crippen LogP contribution in [-0.4, -0.2) is 16.1 Å². The summed E-state index contributed by atoms with van der Waals surface area (Å²) in [5.41, 5.74) is -0.146. The monoisotopic (exact) mass is 578 g/mol. The van der Waals surface area contributed by atoms with Gasteiger partial charge in [0.1, 0.15) is 16.0 Å². The minimum absolute atomic E-state index is 0.00936. The zero-order chi connectivity index (χ0) is 26.4. The van der Waals surface area contributed by atoms with Crippen molar-refractivity contribution in [2.75, 3.05) is 10.6 Å². The van der Waals surface area contributed by atoms with Gasteiger partial charge in [-0.3, -0.25) is 9.59 Å². The van der Waals surface area contributed by atoms with Crippen LogP contribution in [0.2, 0.25) is 10.0 Å². The van der Waals surface area contributed by atoms with Gasteiger partial charge >= 0.3 is 0 Å². The van der Waals surface area contributed by atoms with Crippen LogP contribution in [-0.2, 0) is 4.79 Å². The molecule has 0 radical (unpaired) electrons. The largest absolute Gasteiger partial charge is 0.326 e. The Hall–Kier alpha value is -2.52. The third-order valence-electron chi connectivity index (χ3n) is 5.61. The Balaban J connectivity index is 1.50. The number of amides is 2. The maximum Gasteiger partial charge on any atom is 0.265 e. The summed E-state index contributed by atoms with van der Waals surface area (Å²) in [7, 11) is 0. The Morgan fingerprint density at radius 2 is 1.61 bits per heavy atom. The predicted octanol–water partition coefficient (Wildman–Crippen LogP) is 7.99. The van der Waals surface area contributed by atoms with Gasteiger partial charge in [0.2, 0.25) is 5.91 Å². The molecule has 1 aliphatic carbocycles. The fourth-order valence-electron chi connectivity index (χ4n) is 3.76. The summed E-state index contributed by atoms with van der Waals surface area (Å²) < 4.78 is 51.4. The minimum Gasteiger partial charge on any atom is -0.326 e. The van der Waals surface area contributed by atoms with Crippen LogP contribution in [0.3, 0.4) is 0 Å². The van der Waals surface area contributed by atoms with Crippen LogP contribution in [0, 0.1) is 17.6 Å². The molecule has 2 N–H and O–H groups in total. The normalized spacial score (nSPS) is 18.1. The van der Waals surface area contributed by atoms with Crippen LogP contribution in [0.25, 0.3) is 0 Å². The highest BCUT2D eigenvalue weighted by Gasteiger charge is 2.67. The molecule has 1 saturated carbocycles. The average molecular weight is 580 g/mol. The molecule has 12 heteroatoms. The third-order valence-corrected chi connectivity index (χ3v) is 7.21. The van der Waals surface area contributed by atoms with Gasteiger partial charge in [0.25, 0.3) is 12.3 Å². The molecule has 188 valence electrons. The van der Waals surface area contributed by atoms with Gasteiger partial charge in [-0.2, -0.15) is 0 Å². The molecular weight excluding hydrogens is 566 g/mol. The van der Waals surface area contributed by atoms with E-state index in [-0.39, 0.29) is 32.5 Å². The fraction of sp³-hybridized carbons (Fsp3) is 0.167. The summed E-state index contributed by atoms with van der Waals surface area (Å²) in [6, 6.07) is 10.5. The van der Waals surface area contributed by atoms with Gasteiger partial charge in [-0.1, -0.05) is 35.3 Å². The number of nitrogens with one attached hydrogen (secondary N) is 2. The molecule has 1 fully saturated rings. The van der Waals surface area contributed by atoms with Gasteiger partial charge in [-0.05, 0) is 42.0 Å². The number of hydrogen-bond donors (Lipinski definition) is 2. The first kappa shape index (κ1) is 26.5. The second kappa shape index (κ2) is 10.1. The van der Waals surface area contributed by atoms with Crippen LogP contribution < -0.4 is 10.6 Å². The molecule has 0 aromatic heterocycles. The van der Waals surface area contributed by atoms with Crippen LogP contribution in [0.1, 0.15) is 33.8 Å². The molecule has 3 aromatic rings. The van der Waals surface area contributed by atoms with E-state index >= 15 is 0 Å². The van der Waals surface area contributed by atoms with Crippen LogP contribution >= 0.6 is 46.4 Å². The zero-order valence-electron chi connectivity index (χ0n) is 17.8. The van der Waals surface area contributed by atoms with Gasteiger partial charge in [-0.15, -0.1) is 23.2 Å². The highest BCUT2D eigenvalue weighted by molar-refractivity contribution is 6.53. The van der Waals surface area contributed by atoms with Gasteiger partial charge in [0, 0.05) is 28.3 Å². The van der Waals surface area contributed by atoms with E-state index in [0.29, 0.717) is 11.6 Å². The van der Waals surface area contributed by atoms with Gasteiger partial charge in [0.05, 0.1) is 22.2 Å². The summed E-state index contributed by atoms with van der Waals surface area (Å²) >= 11 is 24.6. The summed E-state index contributed by atoms with van der Waals surface area (Å²) in [5, 5.41) is 4.70. The molecule has 4 rings (SSSR count). The van der Waals surface area contributed by atoms with Crippen molar-refractivity contribution in [3.05, 3.63) is 93.0 Å².